The van der Waals surface area contributed by atoms with Crippen LogP contribution in [0.4, 0.5) is 5.69 Å². The van der Waals surface area contributed by atoms with Crippen LogP contribution in [0.1, 0.15) is 21.9 Å². The van der Waals surface area contributed by atoms with Crippen molar-refractivity contribution in [2.24, 2.45) is 5.73 Å². The van der Waals surface area contributed by atoms with Gasteiger partial charge in [-0.3, -0.25) is 4.79 Å². The number of nitrogens with two attached hydrogens (primary N) is 1. The molecule has 1 amide bonds. The van der Waals surface area contributed by atoms with Crippen LogP contribution in [-0.2, 0) is 13.2 Å². The third kappa shape index (κ3) is 2.58. The van der Waals surface area contributed by atoms with Crippen LogP contribution >= 0.6 is 0 Å². The summed E-state index contributed by atoms with van der Waals surface area (Å²) in [4.78, 5) is 11.9. The van der Waals surface area contributed by atoms with E-state index in [1.54, 1.807) is 36.4 Å². The van der Waals surface area contributed by atoms with Gasteiger partial charge < -0.3 is 20.6 Å². The molecule has 4 N–H and O–H groups in total. The van der Waals surface area contributed by atoms with Crippen molar-refractivity contribution in [3.63, 3.8) is 0 Å². The number of anilines is 1. The van der Waals surface area contributed by atoms with Crippen LogP contribution in [-0.4, -0.2) is 11.0 Å². The summed E-state index contributed by atoms with van der Waals surface area (Å²) < 4.78 is 5.24. The molecule has 0 bridgehead atoms. The fraction of sp³-hybridized carbons (Fsp3) is 0.154. The number of nitrogens with one attached hydrogen (secondary N) is 1. The molecule has 0 unspecified atom stereocenters. The first-order chi connectivity index (χ1) is 8.74. The van der Waals surface area contributed by atoms with Crippen LogP contribution in [0.25, 0.3) is 0 Å². The Morgan fingerprint density at radius 1 is 1.28 bits per heavy atom. The third-order valence-electron chi connectivity index (χ3n) is 2.52. The highest BCUT2D eigenvalue weighted by Crippen LogP contribution is 2.16. The van der Waals surface area contributed by atoms with Gasteiger partial charge in [0.2, 0.25) is 0 Å². The van der Waals surface area contributed by atoms with E-state index in [-0.39, 0.29) is 24.8 Å². The van der Waals surface area contributed by atoms with E-state index in [0.29, 0.717) is 17.0 Å². The number of hydrogen-bond donors (Lipinski definition) is 3. The van der Waals surface area contributed by atoms with E-state index in [4.69, 9.17) is 15.3 Å². The molecule has 0 aliphatic rings. The molecule has 1 aromatic heterocycles. The Kier molecular flexibility index (Phi) is 3.76. The van der Waals surface area contributed by atoms with Crippen molar-refractivity contribution in [2.45, 2.75) is 13.2 Å². The van der Waals surface area contributed by atoms with Gasteiger partial charge >= 0.3 is 0 Å². The molecule has 0 saturated heterocycles. The first-order valence-corrected chi connectivity index (χ1v) is 5.53. The van der Waals surface area contributed by atoms with Crippen LogP contribution in [0, 0.1) is 0 Å². The molecule has 94 valence electrons. The minimum atomic E-state index is -0.365. The van der Waals surface area contributed by atoms with E-state index in [1.807, 2.05) is 0 Å². The molecule has 0 spiro atoms. The predicted molar refractivity (Wildman–Crippen MR) is 66.9 cm³/mol. The van der Waals surface area contributed by atoms with Gasteiger partial charge in [0, 0.05) is 11.3 Å². The minimum absolute atomic E-state index is 0.136. The van der Waals surface area contributed by atoms with Crippen molar-refractivity contribution in [1.29, 1.82) is 0 Å². The maximum atomic E-state index is 11.9. The maximum Gasteiger partial charge on any atom is 0.291 e. The molecule has 2 aromatic rings. The Balaban J connectivity index is 2.16. The highest BCUT2D eigenvalue weighted by molar-refractivity contribution is 6.02. The zero-order chi connectivity index (χ0) is 13.0. The predicted octanol–water partition coefficient (Wildman–Crippen LogP) is 1.48. The monoisotopic (exact) mass is 246 g/mol. The number of aliphatic hydroxyl groups excluding tert-OH is 1. The van der Waals surface area contributed by atoms with Crippen molar-refractivity contribution in [2.75, 3.05) is 5.32 Å². The fourth-order valence-corrected chi connectivity index (χ4v) is 1.57. The Hall–Kier alpha value is -2.11. The standard InChI is InChI=1S/C13H14N2O3/c14-7-10-5-6-12(18-10)13(17)15-11-4-2-1-3-9(11)8-16/h1-6,16H,7-8,14H2,(H,15,17). The van der Waals surface area contributed by atoms with Crippen molar-refractivity contribution in [3.8, 4) is 0 Å². The van der Waals surface area contributed by atoms with Gasteiger partial charge in [0.15, 0.2) is 5.76 Å². The average molecular weight is 246 g/mol. The van der Waals surface area contributed by atoms with Gasteiger partial charge in [-0.2, -0.15) is 0 Å². The van der Waals surface area contributed by atoms with E-state index in [0.717, 1.165) is 0 Å². The van der Waals surface area contributed by atoms with Crippen molar-refractivity contribution < 1.29 is 14.3 Å². The number of carbonyl (C=O) groups is 1. The van der Waals surface area contributed by atoms with E-state index in [9.17, 15) is 4.79 Å². The van der Waals surface area contributed by atoms with Gasteiger partial charge in [-0.05, 0) is 18.2 Å². The number of carbonyl (C=O) groups excluding carboxylic acids is 1. The lowest BCUT2D eigenvalue weighted by atomic mass is 10.2. The number of hydrogen-bond acceptors (Lipinski definition) is 4. The molecule has 0 radical (unpaired) electrons. The average Bonchev–Trinajstić information content (AvgIpc) is 2.88. The summed E-state index contributed by atoms with van der Waals surface area (Å²) in [5.41, 5.74) is 6.62. The zero-order valence-electron chi connectivity index (χ0n) is 9.72. The molecule has 18 heavy (non-hydrogen) atoms. The zero-order valence-corrected chi connectivity index (χ0v) is 9.72. The number of aliphatic hydroxyl groups is 1. The summed E-state index contributed by atoms with van der Waals surface area (Å²) in [5, 5.41) is 11.8. The van der Waals surface area contributed by atoms with Gasteiger partial charge in [-0.25, -0.2) is 0 Å². The van der Waals surface area contributed by atoms with Crippen molar-refractivity contribution >= 4 is 11.6 Å². The second-order valence-corrected chi connectivity index (χ2v) is 3.74. The van der Waals surface area contributed by atoms with E-state index in [1.165, 1.54) is 0 Å². The van der Waals surface area contributed by atoms with Gasteiger partial charge in [0.05, 0.1) is 13.2 Å². The lowest BCUT2D eigenvalue weighted by Gasteiger charge is -2.07. The highest BCUT2D eigenvalue weighted by atomic mass is 16.4. The quantitative estimate of drug-likeness (QED) is 0.762. The summed E-state index contributed by atoms with van der Waals surface area (Å²) in [6.45, 7) is 0.114. The molecule has 0 atom stereocenters. The van der Waals surface area contributed by atoms with Crippen molar-refractivity contribution in [3.05, 3.63) is 53.5 Å². The smallest absolute Gasteiger partial charge is 0.291 e. The Labute approximate surface area is 104 Å². The van der Waals surface area contributed by atoms with E-state index >= 15 is 0 Å². The number of rotatable bonds is 4. The van der Waals surface area contributed by atoms with Crippen LogP contribution in [0.2, 0.25) is 0 Å². The van der Waals surface area contributed by atoms with Crippen LogP contribution in [0.3, 0.4) is 0 Å². The minimum Gasteiger partial charge on any atom is -0.455 e. The van der Waals surface area contributed by atoms with Gasteiger partial charge in [-0.1, -0.05) is 18.2 Å². The summed E-state index contributed by atoms with van der Waals surface area (Å²) in [6.07, 6.45) is 0. The topological polar surface area (TPSA) is 88.5 Å². The van der Waals surface area contributed by atoms with E-state index in [2.05, 4.69) is 5.32 Å². The lowest BCUT2D eigenvalue weighted by Crippen LogP contribution is -2.12. The summed E-state index contributed by atoms with van der Waals surface area (Å²) in [7, 11) is 0. The molecule has 2 rings (SSSR count). The number of furan rings is 1. The normalized spacial score (nSPS) is 10.3. The molecule has 0 aliphatic heterocycles. The molecule has 0 aliphatic carbocycles. The number of amides is 1. The maximum absolute atomic E-state index is 11.9. The molecular formula is C13H14N2O3. The van der Waals surface area contributed by atoms with Crippen molar-refractivity contribution in [1.82, 2.24) is 0 Å². The fourth-order valence-electron chi connectivity index (χ4n) is 1.57. The first-order valence-electron chi connectivity index (χ1n) is 5.53. The second-order valence-electron chi connectivity index (χ2n) is 3.74. The highest BCUT2D eigenvalue weighted by Gasteiger charge is 2.12. The Bertz CT molecular complexity index is 549. The lowest BCUT2D eigenvalue weighted by molar-refractivity contribution is 0.0995. The molecule has 0 fully saturated rings. The molecule has 5 nitrogen and oxygen atoms in total. The first kappa shape index (κ1) is 12.3. The Morgan fingerprint density at radius 3 is 2.72 bits per heavy atom. The number of benzene rings is 1. The Morgan fingerprint density at radius 2 is 2.06 bits per heavy atom. The van der Waals surface area contributed by atoms with Crippen LogP contribution in [0.15, 0.2) is 40.8 Å². The molecule has 1 aromatic carbocycles. The summed E-state index contributed by atoms with van der Waals surface area (Å²) >= 11 is 0. The van der Waals surface area contributed by atoms with Gasteiger partial charge in [-0.15, -0.1) is 0 Å². The SMILES string of the molecule is NCc1ccc(C(=O)Nc2ccccc2CO)o1. The van der Waals surface area contributed by atoms with Gasteiger partial charge in [0.1, 0.15) is 5.76 Å². The third-order valence-corrected chi connectivity index (χ3v) is 2.52. The molecule has 5 heteroatoms. The second kappa shape index (κ2) is 5.48. The largest absolute Gasteiger partial charge is 0.455 e. The molecule has 1 heterocycles. The van der Waals surface area contributed by atoms with E-state index < -0.39 is 0 Å². The number of para-hydroxylation sites is 1. The molecule has 0 saturated carbocycles. The summed E-state index contributed by atoms with van der Waals surface area (Å²) in [6, 6.07) is 10.3. The molecular weight excluding hydrogens is 232 g/mol. The summed E-state index contributed by atoms with van der Waals surface area (Å²) in [5.74, 6) is 0.384. The van der Waals surface area contributed by atoms with Crippen LogP contribution in [0.5, 0.6) is 0 Å². The van der Waals surface area contributed by atoms with Gasteiger partial charge in [0.25, 0.3) is 5.91 Å². The van der Waals surface area contributed by atoms with Crippen LogP contribution < -0.4 is 11.1 Å².